The molecule has 4 rings (SSSR count). The molecule has 0 radical (unpaired) electrons. The molecule has 1 aromatic heterocycles. The first kappa shape index (κ1) is 21.2. The molecule has 0 aliphatic carbocycles. The van der Waals surface area contributed by atoms with Gasteiger partial charge in [-0.3, -0.25) is 19.3 Å². The van der Waals surface area contributed by atoms with Crippen LogP contribution in [0.5, 0.6) is 0 Å². The highest BCUT2D eigenvalue weighted by Gasteiger charge is 2.34. The Morgan fingerprint density at radius 1 is 1.13 bits per heavy atom. The van der Waals surface area contributed by atoms with E-state index in [2.05, 4.69) is 10.3 Å². The van der Waals surface area contributed by atoms with Gasteiger partial charge in [0.25, 0.3) is 11.1 Å². The number of aromatic nitrogens is 1. The molecule has 1 saturated heterocycles. The van der Waals surface area contributed by atoms with Gasteiger partial charge >= 0.3 is 0 Å². The normalized spacial score (nSPS) is 15.3. The van der Waals surface area contributed by atoms with Crippen molar-refractivity contribution in [3.8, 4) is 0 Å². The second kappa shape index (κ2) is 9.41. The number of amides is 3. The Morgan fingerprint density at radius 2 is 1.90 bits per heavy atom. The number of thioether (sulfide) groups is 1. The summed E-state index contributed by atoms with van der Waals surface area (Å²) in [5, 5.41) is 4.23. The van der Waals surface area contributed by atoms with Crippen LogP contribution in [0, 0.1) is 0 Å². The SMILES string of the molecule is O=C(CCN1C(=O)SC(=Cc2ccc(Cl)cc2)C1=O)NCCc1c[nH]c2ccccc12. The van der Waals surface area contributed by atoms with E-state index in [1.807, 2.05) is 30.5 Å². The van der Waals surface area contributed by atoms with Crippen LogP contribution in [0.3, 0.4) is 0 Å². The van der Waals surface area contributed by atoms with E-state index in [-0.39, 0.29) is 30.0 Å². The Hall–Kier alpha value is -3.03. The Labute approximate surface area is 188 Å². The van der Waals surface area contributed by atoms with Gasteiger partial charge in [0.05, 0.1) is 4.91 Å². The van der Waals surface area contributed by atoms with Crippen molar-refractivity contribution in [1.29, 1.82) is 0 Å². The maximum Gasteiger partial charge on any atom is 0.293 e. The van der Waals surface area contributed by atoms with Crippen LogP contribution in [0.4, 0.5) is 4.79 Å². The van der Waals surface area contributed by atoms with Gasteiger partial charge in [-0.1, -0.05) is 41.9 Å². The maximum absolute atomic E-state index is 12.5. The first-order valence-electron chi connectivity index (χ1n) is 9.84. The lowest BCUT2D eigenvalue weighted by Gasteiger charge is -2.12. The molecule has 0 unspecified atom stereocenters. The third-order valence-corrected chi connectivity index (χ3v) is 6.15. The van der Waals surface area contributed by atoms with E-state index in [1.54, 1.807) is 30.3 Å². The van der Waals surface area contributed by atoms with Crippen LogP contribution in [0.2, 0.25) is 5.02 Å². The molecule has 3 aromatic rings. The molecule has 6 nitrogen and oxygen atoms in total. The number of carbonyl (C=O) groups is 3. The Bertz CT molecular complexity index is 1170. The van der Waals surface area contributed by atoms with Gasteiger partial charge in [0, 0.05) is 41.6 Å². The van der Waals surface area contributed by atoms with E-state index in [4.69, 9.17) is 11.6 Å². The fourth-order valence-corrected chi connectivity index (χ4v) is 4.37. The van der Waals surface area contributed by atoms with Gasteiger partial charge in [-0.2, -0.15) is 0 Å². The van der Waals surface area contributed by atoms with Crippen molar-refractivity contribution in [2.45, 2.75) is 12.8 Å². The predicted octanol–water partition coefficient (Wildman–Crippen LogP) is 4.61. The fourth-order valence-electron chi connectivity index (χ4n) is 3.38. The second-order valence-corrected chi connectivity index (χ2v) is 8.52. The molecule has 0 spiro atoms. The number of aromatic amines is 1. The molecule has 2 N–H and O–H groups in total. The van der Waals surface area contributed by atoms with Crippen LogP contribution < -0.4 is 5.32 Å². The number of imide groups is 1. The summed E-state index contributed by atoms with van der Waals surface area (Å²) in [6.45, 7) is 0.542. The van der Waals surface area contributed by atoms with Crippen LogP contribution in [-0.2, 0) is 16.0 Å². The van der Waals surface area contributed by atoms with Crippen molar-refractivity contribution in [3.63, 3.8) is 0 Å². The molecule has 1 aliphatic heterocycles. The highest BCUT2D eigenvalue weighted by molar-refractivity contribution is 8.18. The number of rotatable bonds is 7. The fraction of sp³-hybridized carbons (Fsp3) is 0.174. The Morgan fingerprint density at radius 3 is 2.71 bits per heavy atom. The molecular formula is C23H20ClN3O3S. The van der Waals surface area contributed by atoms with Crippen LogP contribution in [0.1, 0.15) is 17.5 Å². The molecule has 2 aromatic carbocycles. The smallest absolute Gasteiger partial charge is 0.293 e. The van der Waals surface area contributed by atoms with E-state index in [9.17, 15) is 14.4 Å². The van der Waals surface area contributed by atoms with Crippen molar-refractivity contribution in [2.75, 3.05) is 13.1 Å². The molecule has 3 amide bonds. The van der Waals surface area contributed by atoms with Gasteiger partial charge in [-0.25, -0.2) is 0 Å². The predicted molar refractivity (Wildman–Crippen MR) is 124 cm³/mol. The van der Waals surface area contributed by atoms with Crippen molar-refractivity contribution in [2.24, 2.45) is 0 Å². The number of benzene rings is 2. The van der Waals surface area contributed by atoms with Gasteiger partial charge in [0.15, 0.2) is 0 Å². The van der Waals surface area contributed by atoms with Crippen LogP contribution in [-0.4, -0.2) is 40.0 Å². The van der Waals surface area contributed by atoms with Gasteiger partial charge in [0.1, 0.15) is 0 Å². The zero-order valence-electron chi connectivity index (χ0n) is 16.6. The molecule has 158 valence electrons. The molecule has 0 atom stereocenters. The zero-order chi connectivity index (χ0) is 21.8. The molecule has 2 heterocycles. The molecule has 8 heteroatoms. The maximum atomic E-state index is 12.5. The highest BCUT2D eigenvalue weighted by atomic mass is 35.5. The quantitative estimate of drug-likeness (QED) is 0.512. The Kier molecular flexibility index (Phi) is 6.44. The summed E-state index contributed by atoms with van der Waals surface area (Å²) < 4.78 is 0. The van der Waals surface area contributed by atoms with Gasteiger partial charge in [-0.05, 0) is 53.6 Å². The molecule has 1 fully saturated rings. The standard InChI is InChI=1S/C23H20ClN3O3S/c24-17-7-5-15(6-8-17)13-20-22(29)27(23(30)31-20)12-10-21(28)25-11-9-16-14-26-19-4-2-1-3-18(16)19/h1-8,13-14,26H,9-12H2,(H,25,28). The number of hydrogen-bond acceptors (Lipinski definition) is 4. The Balaban J connectivity index is 1.27. The topological polar surface area (TPSA) is 82.3 Å². The van der Waals surface area contributed by atoms with E-state index in [0.717, 1.165) is 38.7 Å². The minimum atomic E-state index is -0.378. The number of halogens is 1. The second-order valence-electron chi connectivity index (χ2n) is 7.09. The van der Waals surface area contributed by atoms with E-state index in [0.29, 0.717) is 22.9 Å². The summed E-state index contributed by atoms with van der Waals surface area (Å²) in [5.41, 5.74) is 2.98. The highest BCUT2D eigenvalue weighted by Crippen LogP contribution is 2.32. The summed E-state index contributed by atoms with van der Waals surface area (Å²) in [7, 11) is 0. The molecule has 31 heavy (non-hydrogen) atoms. The number of nitrogens with one attached hydrogen (secondary N) is 2. The lowest BCUT2D eigenvalue weighted by Crippen LogP contribution is -2.34. The number of fused-ring (bicyclic) bond motifs is 1. The number of hydrogen-bond donors (Lipinski definition) is 2. The lowest BCUT2D eigenvalue weighted by atomic mass is 10.1. The van der Waals surface area contributed by atoms with Crippen molar-refractivity contribution in [1.82, 2.24) is 15.2 Å². The van der Waals surface area contributed by atoms with Gasteiger partial charge < -0.3 is 10.3 Å². The number of H-pyrrole nitrogens is 1. The minimum Gasteiger partial charge on any atom is -0.361 e. The van der Waals surface area contributed by atoms with Crippen LogP contribution >= 0.6 is 23.4 Å². The van der Waals surface area contributed by atoms with Crippen molar-refractivity contribution >= 4 is 57.4 Å². The first-order chi connectivity index (χ1) is 15.0. The molecule has 0 saturated carbocycles. The third kappa shape index (κ3) is 5.00. The third-order valence-electron chi connectivity index (χ3n) is 5.00. The average molecular weight is 454 g/mol. The number of nitrogens with zero attached hydrogens (tertiary/aromatic N) is 1. The molecular weight excluding hydrogens is 434 g/mol. The average Bonchev–Trinajstić information content (AvgIpc) is 3.29. The van der Waals surface area contributed by atoms with E-state index < -0.39 is 0 Å². The lowest BCUT2D eigenvalue weighted by molar-refractivity contribution is -0.124. The summed E-state index contributed by atoms with van der Waals surface area (Å²) in [5.74, 6) is -0.572. The van der Waals surface area contributed by atoms with Crippen LogP contribution in [0.15, 0.2) is 59.6 Å². The summed E-state index contributed by atoms with van der Waals surface area (Å²) in [6.07, 6.45) is 4.37. The summed E-state index contributed by atoms with van der Waals surface area (Å²) >= 11 is 6.75. The van der Waals surface area contributed by atoms with E-state index >= 15 is 0 Å². The molecule has 1 aliphatic rings. The largest absolute Gasteiger partial charge is 0.361 e. The zero-order valence-corrected chi connectivity index (χ0v) is 18.1. The molecule has 0 bridgehead atoms. The van der Waals surface area contributed by atoms with Crippen molar-refractivity contribution < 1.29 is 14.4 Å². The van der Waals surface area contributed by atoms with E-state index in [1.165, 1.54) is 0 Å². The first-order valence-corrected chi connectivity index (χ1v) is 11.0. The van der Waals surface area contributed by atoms with Gasteiger partial charge in [-0.15, -0.1) is 0 Å². The number of para-hydroxylation sites is 1. The van der Waals surface area contributed by atoms with Crippen LogP contribution in [0.25, 0.3) is 17.0 Å². The summed E-state index contributed by atoms with van der Waals surface area (Å²) in [6, 6.07) is 15.0. The summed E-state index contributed by atoms with van der Waals surface area (Å²) in [4.78, 5) is 41.6. The monoisotopic (exact) mass is 453 g/mol. The van der Waals surface area contributed by atoms with Crippen molar-refractivity contribution in [3.05, 3.63) is 75.8 Å². The minimum absolute atomic E-state index is 0.0571. The number of carbonyl (C=O) groups excluding carboxylic acids is 3. The van der Waals surface area contributed by atoms with Gasteiger partial charge in [0.2, 0.25) is 5.91 Å².